The van der Waals surface area contributed by atoms with Crippen LogP contribution in [0.5, 0.6) is 0 Å². The summed E-state index contributed by atoms with van der Waals surface area (Å²) in [4.78, 5) is 16.4. The number of carbonyl (C=O) groups excluding carboxylic acids is 1. The Balaban J connectivity index is 2.32. The predicted molar refractivity (Wildman–Crippen MR) is 82.2 cm³/mol. The summed E-state index contributed by atoms with van der Waals surface area (Å²) in [6.07, 6.45) is 0. The summed E-state index contributed by atoms with van der Waals surface area (Å²) < 4.78 is 0. The van der Waals surface area contributed by atoms with Crippen molar-refractivity contribution in [3.05, 3.63) is 47.4 Å². The largest absolute Gasteiger partial charge is 0.366 e. The number of hydrogen-bond acceptors (Lipinski definition) is 4. The Bertz CT molecular complexity index is 504. The lowest BCUT2D eigenvalue weighted by molar-refractivity contribution is -0.154. The van der Waals surface area contributed by atoms with E-state index in [1.807, 2.05) is 49.3 Å². The van der Waals surface area contributed by atoms with Gasteiger partial charge in [-0.2, -0.15) is 0 Å². The number of thioether (sulfide) groups is 1. The topological polar surface area (TPSA) is 43.8 Å². The van der Waals surface area contributed by atoms with Crippen LogP contribution in [0.15, 0.2) is 41.8 Å². The lowest BCUT2D eigenvalue weighted by Crippen LogP contribution is -2.55. The third-order valence-corrected chi connectivity index (χ3v) is 4.45. The van der Waals surface area contributed by atoms with Crippen molar-refractivity contribution >= 4 is 17.7 Å². The molecule has 1 amide bonds. The van der Waals surface area contributed by atoms with Crippen molar-refractivity contribution in [1.29, 1.82) is 0 Å². The first-order valence-electron chi connectivity index (χ1n) is 6.51. The average molecular weight is 292 g/mol. The molecule has 0 saturated carbocycles. The maximum Gasteiger partial charge on any atom is 0.262 e. The number of rotatable bonds is 4. The maximum atomic E-state index is 12.4. The van der Waals surface area contributed by atoms with Gasteiger partial charge in [0.05, 0.1) is 10.7 Å². The molecule has 0 spiro atoms. The Morgan fingerprint density at radius 2 is 2.05 bits per heavy atom. The van der Waals surface area contributed by atoms with Gasteiger partial charge in [-0.3, -0.25) is 4.79 Å². The lowest BCUT2D eigenvalue weighted by atomic mass is 10.0. The fourth-order valence-electron chi connectivity index (χ4n) is 2.18. The monoisotopic (exact) mass is 292 g/mol. The molecule has 0 bridgehead atoms. The molecule has 1 N–H and O–H groups in total. The summed E-state index contributed by atoms with van der Waals surface area (Å²) in [5.74, 6) is 0.226. The minimum Gasteiger partial charge on any atom is -0.366 e. The fraction of sp³-hybridized carbons (Fsp3) is 0.400. The standard InChI is InChI=1S/C15H20N2O2S/c1-12-14(18)17(10-9-16(2)3)15(19,11-20-12)13-7-5-4-6-8-13/h4-8,19H,1,9-11H2,2-3H3. The van der Waals surface area contributed by atoms with Crippen LogP contribution in [-0.2, 0) is 10.5 Å². The van der Waals surface area contributed by atoms with Crippen molar-refractivity contribution in [3.8, 4) is 0 Å². The van der Waals surface area contributed by atoms with Gasteiger partial charge in [0, 0.05) is 18.7 Å². The predicted octanol–water partition coefficient (Wildman–Crippen LogP) is 1.48. The van der Waals surface area contributed by atoms with Crippen molar-refractivity contribution in [2.75, 3.05) is 32.9 Å². The molecule has 4 nitrogen and oxygen atoms in total. The van der Waals surface area contributed by atoms with Gasteiger partial charge in [-0.25, -0.2) is 0 Å². The van der Waals surface area contributed by atoms with Crippen LogP contribution in [-0.4, -0.2) is 53.8 Å². The minimum absolute atomic E-state index is 0.186. The summed E-state index contributed by atoms with van der Waals surface area (Å²) in [5, 5.41) is 11.0. The van der Waals surface area contributed by atoms with Crippen molar-refractivity contribution < 1.29 is 9.90 Å². The zero-order chi connectivity index (χ0) is 14.8. The maximum absolute atomic E-state index is 12.4. The molecule has 20 heavy (non-hydrogen) atoms. The van der Waals surface area contributed by atoms with Gasteiger partial charge in [-0.15, -0.1) is 11.8 Å². The molecule has 1 aliphatic rings. The van der Waals surface area contributed by atoms with E-state index in [2.05, 4.69) is 6.58 Å². The molecule has 1 atom stereocenters. The molecule has 1 saturated heterocycles. The van der Waals surface area contributed by atoms with Crippen LogP contribution < -0.4 is 0 Å². The summed E-state index contributed by atoms with van der Waals surface area (Å²) in [6, 6.07) is 9.34. The highest BCUT2D eigenvalue weighted by Crippen LogP contribution is 2.38. The lowest BCUT2D eigenvalue weighted by Gasteiger charge is -2.44. The SMILES string of the molecule is C=C1SCC(O)(c2ccccc2)N(CCN(C)C)C1=O. The first-order chi connectivity index (χ1) is 9.45. The molecule has 5 heteroatoms. The van der Waals surface area contributed by atoms with E-state index < -0.39 is 5.72 Å². The first kappa shape index (κ1) is 15.1. The van der Waals surface area contributed by atoms with Gasteiger partial charge in [0.15, 0.2) is 5.72 Å². The van der Waals surface area contributed by atoms with E-state index in [0.717, 1.165) is 5.56 Å². The van der Waals surface area contributed by atoms with Crippen LogP contribution >= 0.6 is 11.8 Å². The number of hydrogen-bond donors (Lipinski definition) is 1. The Labute approximate surface area is 124 Å². The Hall–Kier alpha value is -1.30. The highest BCUT2D eigenvalue weighted by molar-refractivity contribution is 8.04. The molecule has 1 fully saturated rings. The second kappa shape index (κ2) is 5.99. The molecule has 1 aromatic rings. The highest BCUT2D eigenvalue weighted by atomic mass is 32.2. The van der Waals surface area contributed by atoms with Crippen LogP contribution in [0.4, 0.5) is 0 Å². The molecule has 1 unspecified atom stereocenters. The Morgan fingerprint density at radius 3 is 2.65 bits per heavy atom. The van der Waals surface area contributed by atoms with Gasteiger partial charge >= 0.3 is 0 Å². The molecule has 0 aliphatic carbocycles. The number of nitrogens with zero attached hydrogens (tertiary/aromatic N) is 2. The van der Waals surface area contributed by atoms with E-state index in [0.29, 0.717) is 23.7 Å². The van der Waals surface area contributed by atoms with Crippen LogP contribution in [0.2, 0.25) is 0 Å². The Morgan fingerprint density at radius 1 is 1.40 bits per heavy atom. The number of carbonyl (C=O) groups is 1. The zero-order valence-electron chi connectivity index (χ0n) is 11.9. The van der Waals surface area contributed by atoms with E-state index in [4.69, 9.17) is 0 Å². The number of benzene rings is 1. The number of likely N-dealkylation sites (N-methyl/N-ethyl adjacent to an activating group) is 1. The molecule has 1 heterocycles. The first-order valence-corrected chi connectivity index (χ1v) is 7.50. The zero-order valence-corrected chi connectivity index (χ0v) is 12.7. The van der Waals surface area contributed by atoms with Crippen molar-refractivity contribution in [3.63, 3.8) is 0 Å². The van der Waals surface area contributed by atoms with E-state index in [1.54, 1.807) is 0 Å². The van der Waals surface area contributed by atoms with Crippen LogP contribution in [0.25, 0.3) is 0 Å². The van der Waals surface area contributed by atoms with Crippen molar-refractivity contribution in [1.82, 2.24) is 9.80 Å². The third-order valence-electron chi connectivity index (χ3n) is 3.38. The van der Waals surface area contributed by atoms with Gasteiger partial charge < -0.3 is 14.9 Å². The smallest absolute Gasteiger partial charge is 0.262 e. The molecular weight excluding hydrogens is 272 g/mol. The molecule has 1 aliphatic heterocycles. The Kier molecular flexibility index (Phi) is 4.52. The third kappa shape index (κ3) is 2.90. The number of aliphatic hydroxyl groups is 1. The molecular formula is C15H20N2O2S. The van der Waals surface area contributed by atoms with Crippen molar-refractivity contribution in [2.45, 2.75) is 5.72 Å². The van der Waals surface area contributed by atoms with Crippen LogP contribution in [0.1, 0.15) is 5.56 Å². The molecule has 2 rings (SSSR count). The summed E-state index contributed by atoms with van der Waals surface area (Å²) in [5.41, 5.74) is -0.521. The van der Waals surface area contributed by atoms with E-state index in [1.165, 1.54) is 16.7 Å². The molecule has 108 valence electrons. The van der Waals surface area contributed by atoms with Crippen LogP contribution in [0.3, 0.4) is 0 Å². The second-order valence-corrected chi connectivity index (χ2v) is 6.22. The molecule has 0 aromatic heterocycles. The molecule has 0 radical (unpaired) electrons. The van der Waals surface area contributed by atoms with Gasteiger partial charge in [-0.05, 0) is 14.1 Å². The quantitative estimate of drug-likeness (QED) is 0.854. The van der Waals surface area contributed by atoms with Gasteiger partial charge in [0.2, 0.25) is 0 Å². The van der Waals surface area contributed by atoms with Crippen molar-refractivity contribution in [2.24, 2.45) is 0 Å². The van der Waals surface area contributed by atoms with Gasteiger partial charge in [0.1, 0.15) is 0 Å². The minimum atomic E-state index is -1.26. The van der Waals surface area contributed by atoms with Gasteiger partial charge in [0.25, 0.3) is 5.91 Å². The number of amides is 1. The van der Waals surface area contributed by atoms with E-state index in [9.17, 15) is 9.90 Å². The summed E-state index contributed by atoms with van der Waals surface area (Å²) >= 11 is 1.32. The summed E-state index contributed by atoms with van der Waals surface area (Å²) in [6.45, 7) is 4.94. The summed E-state index contributed by atoms with van der Waals surface area (Å²) in [7, 11) is 3.89. The van der Waals surface area contributed by atoms with Gasteiger partial charge in [-0.1, -0.05) is 36.9 Å². The van der Waals surface area contributed by atoms with E-state index >= 15 is 0 Å². The fourth-order valence-corrected chi connectivity index (χ4v) is 3.11. The van der Waals surface area contributed by atoms with Crippen LogP contribution in [0, 0.1) is 0 Å². The highest BCUT2D eigenvalue weighted by Gasteiger charge is 2.44. The normalized spacial score (nSPS) is 23.5. The average Bonchev–Trinajstić information content (AvgIpc) is 2.44. The molecule has 1 aromatic carbocycles. The second-order valence-electron chi connectivity index (χ2n) is 5.15. The van der Waals surface area contributed by atoms with E-state index in [-0.39, 0.29) is 5.91 Å².